The Morgan fingerprint density at radius 3 is 2.36 bits per heavy atom. The fourth-order valence-electron chi connectivity index (χ4n) is 3.66. The summed E-state index contributed by atoms with van der Waals surface area (Å²) in [6.07, 6.45) is 1.29. The molecule has 1 aliphatic heterocycles. The Bertz CT molecular complexity index is 983. The number of ether oxygens (including phenoxy) is 3. The number of ketones is 1. The van der Waals surface area contributed by atoms with Crippen LogP contribution in [0.15, 0.2) is 42.5 Å². The number of benzene rings is 2. The van der Waals surface area contributed by atoms with Crippen molar-refractivity contribution in [2.24, 2.45) is 0 Å². The first-order valence-corrected chi connectivity index (χ1v) is 11.0. The summed E-state index contributed by atoms with van der Waals surface area (Å²) < 4.78 is 16.0. The lowest BCUT2D eigenvalue weighted by atomic mass is 10.1. The van der Waals surface area contributed by atoms with E-state index in [1.165, 1.54) is 6.07 Å². The molecule has 176 valence electrons. The first kappa shape index (κ1) is 24.0. The smallest absolute Gasteiger partial charge is 0.457 e. The number of hydrogen-bond acceptors (Lipinski definition) is 8. The average Bonchev–Trinajstić information content (AvgIpc) is 2.79. The van der Waals surface area contributed by atoms with Crippen LogP contribution in [0.2, 0.25) is 0 Å². The normalized spacial score (nSPS) is 13.9. The first-order chi connectivity index (χ1) is 15.9. The van der Waals surface area contributed by atoms with Gasteiger partial charge in [0.05, 0.1) is 11.5 Å². The molecule has 1 fully saturated rings. The number of aryl methyl sites for hydroxylation is 1. The summed E-state index contributed by atoms with van der Waals surface area (Å²) in [5.41, 5.74) is 1.49. The zero-order chi connectivity index (χ0) is 23.8. The van der Waals surface area contributed by atoms with Crippen LogP contribution in [-0.2, 0) is 20.7 Å². The minimum Gasteiger partial charge on any atom is -0.457 e. The quantitative estimate of drug-likeness (QED) is 0.293. The second-order valence-electron chi connectivity index (χ2n) is 7.84. The highest BCUT2D eigenvalue weighted by molar-refractivity contribution is 5.75. The molecule has 0 amide bonds. The Hall–Kier alpha value is -3.62. The van der Waals surface area contributed by atoms with Gasteiger partial charge in [-0.25, -0.2) is 4.79 Å². The van der Waals surface area contributed by atoms with Crippen molar-refractivity contribution in [3.05, 3.63) is 58.1 Å². The van der Waals surface area contributed by atoms with Crippen LogP contribution in [0, 0.1) is 10.1 Å². The number of carbonyl (C=O) groups excluding carboxylic acids is 2. The van der Waals surface area contributed by atoms with Gasteiger partial charge in [0.15, 0.2) is 0 Å². The number of Topliss-reactive ketones (excluding diaryl/α,β-unsaturated/α-hetero) is 1. The molecule has 0 spiro atoms. The van der Waals surface area contributed by atoms with E-state index < -0.39 is 11.1 Å². The van der Waals surface area contributed by atoms with Gasteiger partial charge in [0.25, 0.3) is 5.69 Å². The van der Waals surface area contributed by atoms with E-state index in [4.69, 9.17) is 14.2 Å². The number of piperidine rings is 1. The SMILES string of the molecule is CCOC(=O)OC1CCN(c2cc(Oc3ccc(CCC(C)=O)cc3)ccc2[N+](=O)[O-])CC1. The number of anilines is 1. The lowest BCUT2D eigenvalue weighted by molar-refractivity contribution is -0.384. The molecule has 33 heavy (non-hydrogen) atoms. The van der Waals surface area contributed by atoms with E-state index in [2.05, 4.69) is 0 Å². The van der Waals surface area contributed by atoms with Crippen LogP contribution >= 0.6 is 0 Å². The molecule has 1 heterocycles. The van der Waals surface area contributed by atoms with Crippen LogP contribution in [0.4, 0.5) is 16.2 Å². The van der Waals surface area contributed by atoms with Gasteiger partial charge in [0.2, 0.25) is 0 Å². The zero-order valence-electron chi connectivity index (χ0n) is 18.8. The van der Waals surface area contributed by atoms with Gasteiger partial charge in [-0.3, -0.25) is 10.1 Å². The summed E-state index contributed by atoms with van der Waals surface area (Å²) in [5, 5.41) is 11.6. The van der Waals surface area contributed by atoms with Crippen molar-refractivity contribution in [1.82, 2.24) is 0 Å². The number of rotatable bonds is 9. The van der Waals surface area contributed by atoms with Crippen molar-refractivity contribution in [1.29, 1.82) is 0 Å². The standard InChI is InChI=1S/C24H28N2O7/c1-3-31-24(28)33-20-12-14-25(15-13-20)23-16-21(10-11-22(23)26(29)30)32-19-8-6-18(7-9-19)5-4-17(2)27/h6-11,16,20H,3-5,12-15H2,1-2H3. The summed E-state index contributed by atoms with van der Waals surface area (Å²) in [4.78, 5) is 35.8. The van der Waals surface area contributed by atoms with Crippen molar-refractivity contribution in [3.8, 4) is 11.5 Å². The van der Waals surface area contributed by atoms with Gasteiger partial charge in [0, 0.05) is 44.5 Å². The first-order valence-electron chi connectivity index (χ1n) is 11.0. The molecule has 0 unspecified atom stereocenters. The monoisotopic (exact) mass is 456 g/mol. The fraction of sp³-hybridized carbons (Fsp3) is 0.417. The van der Waals surface area contributed by atoms with E-state index in [9.17, 15) is 19.7 Å². The van der Waals surface area contributed by atoms with Crippen molar-refractivity contribution in [3.63, 3.8) is 0 Å². The fourth-order valence-corrected chi connectivity index (χ4v) is 3.66. The van der Waals surface area contributed by atoms with Gasteiger partial charge in [-0.1, -0.05) is 12.1 Å². The Morgan fingerprint density at radius 1 is 1.09 bits per heavy atom. The van der Waals surface area contributed by atoms with E-state index >= 15 is 0 Å². The van der Waals surface area contributed by atoms with E-state index in [0.717, 1.165) is 5.56 Å². The highest BCUT2D eigenvalue weighted by Crippen LogP contribution is 2.35. The summed E-state index contributed by atoms with van der Waals surface area (Å²) in [6.45, 7) is 4.52. The Morgan fingerprint density at radius 2 is 1.76 bits per heavy atom. The predicted molar refractivity (Wildman–Crippen MR) is 122 cm³/mol. The van der Waals surface area contributed by atoms with Gasteiger partial charge >= 0.3 is 6.16 Å². The van der Waals surface area contributed by atoms with Gasteiger partial charge in [-0.2, -0.15) is 0 Å². The highest BCUT2D eigenvalue weighted by atomic mass is 16.7. The Kier molecular flexibility index (Phi) is 8.23. The molecule has 0 N–H and O–H groups in total. The minimum atomic E-state index is -0.690. The number of carbonyl (C=O) groups is 2. The highest BCUT2D eigenvalue weighted by Gasteiger charge is 2.27. The minimum absolute atomic E-state index is 0.00769. The number of nitrogens with zero attached hydrogens (tertiary/aromatic N) is 2. The van der Waals surface area contributed by atoms with E-state index in [1.54, 1.807) is 26.0 Å². The van der Waals surface area contributed by atoms with E-state index in [-0.39, 0.29) is 24.2 Å². The predicted octanol–water partition coefficient (Wildman–Crippen LogP) is 5.05. The number of nitro groups is 1. The second kappa shape index (κ2) is 11.3. The molecule has 9 heteroatoms. The molecule has 0 aliphatic carbocycles. The summed E-state index contributed by atoms with van der Waals surface area (Å²) >= 11 is 0. The maximum absolute atomic E-state index is 11.6. The molecule has 0 bridgehead atoms. The van der Waals surface area contributed by atoms with Crippen LogP contribution in [0.1, 0.15) is 38.7 Å². The molecule has 0 atom stereocenters. The van der Waals surface area contributed by atoms with Crippen molar-refractivity contribution in [2.75, 3.05) is 24.6 Å². The lowest BCUT2D eigenvalue weighted by Gasteiger charge is -2.32. The Labute approximate surface area is 192 Å². The van der Waals surface area contributed by atoms with E-state index in [1.807, 2.05) is 29.2 Å². The maximum atomic E-state index is 11.6. The molecular weight excluding hydrogens is 428 g/mol. The van der Waals surface area contributed by atoms with E-state index in [0.29, 0.717) is 56.0 Å². The van der Waals surface area contributed by atoms with Crippen LogP contribution < -0.4 is 9.64 Å². The van der Waals surface area contributed by atoms with Crippen LogP contribution in [-0.4, -0.2) is 42.7 Å². The topological polar surface area (TPSA) is 108 Å². The average molecular weight is 456 g/mol. The van der Waals surface area contributed by atoms with Crippen molar-refractivity contribution < 1.29 is 28.7 Å². The summed E-state index contributed by atoms with van der Waals surface area (Å²) in [5.74, 6) is 1.23. The molecular formula is C24H28N2O7. The molecule has 0 saturated carbocycles. The summed E-state index contributed by atoms with van der Waals surface area (Å²) in [7, 11) is 0. The van der Waals surface area contributed by atoms with Gasteiger partial charge < -0.3 is 23.9 Å². The molecule has 1 saturated heterocycles. The largest absolute Gasteiger partial charge is 0.508 e. The van der Waals surface area contributed by atoms with Gasteiger partial charge in [-0.15, -0.1) is 0 Å². The molecule has 1 aliphatic rings. The van der Waals surface area contributed by atoms with Crippen molar-refractivity contribution >= 4 is 23.3 Å². The molecule has 3 rings (SSSR count). The molecule has 2 aromatic carbocycles. The third-order valence-corrected chi connectivity index (χ3v) is 5.38. The number of hydrogen-bond donors (Lipinski definition) is 0. The number of nitro benzene ring substituents is 1. The van der Waals surface area contributed by atoms with Gasteiger partial charge in [-0.05, 0) is 44.0 Å². The Balaban J connectivity index is 1.68. The second-order valence-corrected chi connectivity index (χ2v) is 7.84. The third kappa shape index (κ3) is 6.93. The van der Waals surface area contributed by atoms with Crippen molar-refractivity contribution in [2.45, 2.75) is 45.6 Å². The molecule has 2 aromatic rings. The summed E-state index contributed by atoms with van der Waals surface area (Å²) in [6, 6.07) is 12.1. The zero-order valence-corrected chi connectivity index (χ0v) is 18.8. The molecule has 0 aromatic heterocycles. The lowest BCUT2D eigenvalue weighted by Crippen LogP contribution is -2.38. The van der Waals surface area contributed by atoms with Crippen LogP contribution in [0.3, 0.4) is 0 Å². The molecule has 9 nitrogen and oxygen atoms in total. The third-order valence-electron chi connectivity index (χ3n) is 5.38. The van der Waals surface area contributed by atoms with Gasteiger partial charge in [0.1, 0.15) is 29.1 Å². The maximum Gasteiger partial charge on any atom is 0.508 e. The van der Waals surface area contributed by atoms with Crippen LogP contribution in [0.25, 0.3) is 0 Å². The van der Waals surface area contributed by atoms with Crippen LogP contribution in [0.5, 0.6) is 11.5 Å². The molecule has 0 radical (unpaired) electrons.